The van der Waals surface area contributed by atoms with Gasteiger partial charge in [0.1, 0.15) is 5.54 Å². The normalized spacial score (nSPS) is 12.0. The number of hydrogen-bond acceptors (Lipinski definition) is 2. The van der Waals surface area contributed by atoms with Crippen molar-refractivity contribution in [1.29, 1.82) is 0 Å². The van der Waals surface area contributed by atoms with Crippen LogP contribution in [-0.2, 0) is 0 Å². The first-order valence-electron chi connectivity index (χ1n) is 2.27. The molecule has 0 saturated heterocycles. The summed E-state index contributed by atoms with van der Waals surface area (Å²) < 4.78 is 0. The Morgan fingerprint density at radius 2 is 2.14 bits per heavy atom. The molecule has 0 fully saturated rings. The van der Waals surface area contributed by atoms with Crippen molar-refractivity contribution in [2.24, 2.45) is 0 Å². The minimum Gasteiger partial charge on any atom is -0.390 e. The summed E-state index contributed by atoms with van der Waals surface area (Å²) in [5, 5.41) is 11.2. The molecule has 43 valence electrons. The third-order valence-corrected chi connectivity index (χ3v) is 0.874. The summed E-state index contributed by atoms with van der Waals surface area (Å²) in [5.74, 6) is 0. The maximum absolute atomic E-state index is 8.49. The summed E-state index contributed by atoms with van der Waals surface area (Å²) in [6.45, 7) is 3.87. The Kier molecular flexibility index (Phi) is 2.26. The molecule has 0 aromatic heterocycles. The monoisotopic (exact) mass is 102 g/mol. The Bertz CT molecular complexity index is 46.0. The molecule has 0 spiro atoms. The first-order chi connectivity index (χ1) is 3.12. The minimum absolute atomic E-state index is 0.122. The van der Waals surface area contributed by atoms with Crippen molar-refractivity contribution in [3.8, 4) is 0 Å². The van der Waals surface area contributed by atoms with Crippen LogP contribution in [0.5, 0.6) is 0 Å². The second-order valence-corrected chi connectivity index (χ2v) is 2.22. The highest BCUT2D eigenvalue weighted by atomic mass is 16.3. The van der Waals surface area contributed by atoms with Crippen LogP contribution in [0.2, 0.25) is 0 Å². The van der Waals surface area contributed by atoms with Gasteiger partial charge in [0.05, 0.1) is 6.61 Å². The summed E-state index contributed by atoms with van der Waals surface area (Å²) in [5.41, 5.74) is -0.222. The third-order valence-electron chi connectivity index (χ3n) is 0.874. The lowest BCUT2D eigenvalue weighted by atomic mass is 10.1. The van der Waals surface area contributed by atoms with Crippen molar-refractivity contribution >= 4 is 0 Å². The largest absolute Gasteiger partial charge is 0.390 e. The lowest BCUT2D eigenvalue weighted by molar-refractivity contribution is -0.670. The fourth-order valence-electron chi connectivity index (χ4n) is 0.0559. The Balaban J connectivity index is 3.36. The predicted octanol–water partition coefficient (Wildman–Crippen LogP) is -1.10. The predicted molar refractivity (Wildman–Crippen MR) is 27.5 cm³/mol. The Labute approximate surface area is 44.5 Å². The van der Waals surface area contributed by atoms with Crippen LogP contribution in [0.15, 0.2) is 0 Å². The molecule has 0 rings (SSSR count). The average Bonchev–Trinajstić information content (AvgIpc) is 1.68. The van der Waals surface area contributed by atoms with Gasteiger partial charge < -0.3 is 10.4 Å². The standard InChI is InChI=1S/C5H12NO/c1-5(2,4-7)6-3/h6-7H,3-4H2,1-2H3. The van der Waals surface area contributed by atoms with E-state index < -0.39 is 0 Å². The second-order valence-electron chi connectivity index (χ2n) is 2.22. The third kappa shape index (κ3) is 2.60. The maximum Gasteiger partial charge on any atom is 0.131 e. The van der Waals surface area contributed by atoms with E-state index in [-0.39, 0.29) is 12.1 Å². The van der Waals surface area contributed by atoms with Crippen LogP contribution in [-0.4, -0.2) is 17.3 Å². The molecular weight excluding hydrogens is 90.1 g/mol. The van der Waals surface area contributed by atoms with E-state index in [1.807, 2.05) is 13.8 Å². The minimum atomic E-state index is -0.222. The van der Waals surface area contributed by atoms with Gasteiger partial charge in [-0.25, -0.2) is 0 Å². The zero-order valence-electron chi connectivity index (χ0n) is 4.86. The number of rotatable bonds is 2. The molecule has 0 aliphatic heterocycles. The van der Waals surface area contributed by atoms with E-state index in [1.165, 1.54) is 0 Å². The molecule has 2 N–H and O–H groups in total. The van der Waals surface area contributed by atoms with Crippen LogP contribution < -0.4 is 5.32 Å². The van der Waals surface area contributed by atoms with Gasteiger partial charge in [0.15, 0.2) is 0 Å². The summed E-state index contributed by atoms with van der Waals surface area (Å²) in [6, 6.07) is 0. The first-order valence-corrected chi connectivity index (χ1v) is 2.27. The fourth-order valence-corrected chi connectivity index (χ4v) is 0.0559. The van der Waals surface area contributed by atoms with Crippen molar-refractivity contribution in [3.05, 3.63) is 7.05 Å². The van der Waals surface area contributed by atoms with Crippen LogP contribution >= 0.6 is 0 Å². The van der Waals surface area contributed by atoms with Gasteiger partial charge in [-0.05, 0) is 13.8 Å². The van der Waals surface area contributed by atoms with Crippen LogP contribution in [0.4, 0.5) is 0 Å². The molecule has 0 heterocycles. The number of nitrogens with one attached hydrogen (secondary N) is 1. The second kappa shape index (κ2) is 2.28. The van der Waals surface area contributed by atoms with E-state index in [4.69, 9.17) is 5.11 Å². The lowest BCUT2D eigenvalue weighted by Crippen LogP contribution is -2.90. The number of hydrogen-bond donors (Lipinski definition) is 2. The van der Waals surface area contributed by atoms with Crippen molar-refractivity contribution in [2.45, 2.75) is 19.4 Å². The van der Waals surface area contributed by atoms with Crippen molar-refractivity contribution in [2.75, 3.05) is 6.61 Å². The highest BCUT2D eigenvalue weighted by Gasteiger charge is 2.15. The fraction of sp³-hybridized carbons (Fsp3) is 0.800. The van der Waals surface area contributed by atoms with E-state index in [0.717, 1.165) is 0 Å². The van der Waals surface area contributed by atoms with E-state index >= 15 is 0 Å². The Hall–Kier alpha value is -0.0800. The smallest absolute Gasteiger partial charge is 0.131 e. The summed E-state index contributed by atoms with van der Waals surface area (Å²) >= 11 is 0. The molecular formula is C5H12NO. The van der Waals surface area contributed by atoms with Crippen molar-refractivity contribution in [3.63, 3.8) is 0 Å². The molecule has 0 amide bonds. The molecule has 1 radical (unpaired) electrons. The van der Waals surface area contributed by atoms with Gasteiger partial charge in [-0.1, -0.05) is 0 Å². The zero-order valence-corrected chi connectivity index (χ0v) is 4.86. The van der Waals surface area contributed by atoms with E-state index in [9.17, 15) is 0 Å². The average molecular weight is 102 g/mol. The van der Waals surface area contributed by atoms with Crippen LogP contribution in [0.3, 0.4) is 0 Å². The SMILES string of the molecule is [CH2-][NH+]C(C)(C)CO. The topological polar surface area (TPSA) is 35.8 Å². The molecule has 7 heavy (non-hydrogen) atoms. The summed E-state index contributed by atoms with van der Waals surface area (Å²) in [4.78, 5) is 0. The van der Waals surface area contributed by atoms with Gasteiger partial charge in [0.2, 0.25) is 0 Å². The Morgan fingerprint density at radius 3 is 2.14 bits per heavy atom. The molecule has 0 aliphatic rings. The molecule has 0 bridgehead atoms. The molecule has 0 atom stereocenters. The van der Waals surface area contributed by atoms with Crippen molar-refractivity contribution in [1.82, 2.24) is 0 Å². The highest BCUT2D eigenvalue weighted by Crippen LogP contribution is 1.88. The molecule has 0 aromatic rings. The highest BCUT2D eigenvalue weighted by molar-refractivity contribution is 4.59. The quantitative estimate of drug-likeness (QED) is 0.426. The maximum atomic E-state index is 8.49. The summed E-state index contributed by atoms with van der Waals surface area (Å²) in [6.07, 6.45) is 0. The number of aliphatic hydroxyl groups is 1. The van der Waals surface area contributed by atoms with Crippen LogP contribution in [0.25, 0.3) is 0 Å². The molecule has 0 aromatic carbocycles. The van der Waals surface area contributed by atoms with Gasteiger partial charge in [0, 0.05) is 0 Å². The van der Waals surface area contributed by atoms with Gasteiger partial charge in [-0.15, -0.1) is 7.05 Å². The molecule has 2 heteroatoms. The molecule has 0 aliphatic carbocycles. The first kappa shape index (κ1) is 6.92. The summed E-state index contributed by atoms with van der Waals surface area (Å²) in [7, 11) is 3.42. The molecule has 0 saturated carbocycles. The Morgan fingerprint density at radius 1 is 1.71 bits per heavy atom. The van der Waals surface area contributed by atoms with E-state index in [2.05, 4.69) is 12.4 Å². The van der Waals surface area contributed by atoms with Crippen LogP contribution in [0, 0.1) is 7.05 Å². The number of aliphatic hydroxyl groups excluding tert-OH is 1. The zero-order chi connectivity index (χ0) is 5.91. The van der Waals surface area contributed by atoms with Gasteiger partial charge in [-0.3, -0.25) is 0 Å². The van der Waals surface area contributed by atoms with Gasteiger partial charge >= 0.3 is 0 Å². The molecule has 0 unspecified atom stereocenters. The van der Waals surface area contributed by atoms with E-state index in [1.54, 1.807) is 0 Å². The molecule has 2 nitrogen and oxygen atoms in total. The van der Waals surface area contributed by atoms with Crippen LogP contribution in [0.1, 0.15) is 13.8 Å². The van der Waals surface area contributed by atoms with Gasteiger partial charge in [0.25, 0.3) is 0 Å². The van der Waals surface area contributed by atoms with Gasteiger partial charge in [-0.2, -0.15) is 0 Å². The lowest BCUT2D eigenvalue weighted by Gasteiger charge is -2.15. The van der Waals surface area contributed by atoms with Crippen molar-refractivity contribution < 1.29 is 10.4 Å². The van der Waals surface area contributed by atoms with E-state index in [0.29, 0.717) is 0 Å².